The van der Waals surface area contributed by atoms with Gasteiger partial charge in [-0.05, 0) is 26.3 Å². The number of urea groups is 1. The van der Waals surface area contributed by atoms with Gasteiger partial charge in [-0.3, -0.25) is 14.5 Å². The highest BCUT2D eigenvalue weighted by Gasteiger charge is 2.43. The third-order valence-electron chi connectivity index (χ3n) is 3.90. The SMILES string of the molecule is CC1(C)NC(=O)N(CCCC(=O)NCc2ccccc2OC(F)(F)F)C1=O. The van der Waals surface area contributed by atoms with Crippen LogP contribution < -0.4 is 15.4 Å². The number of halogens is 3. The third-order valence-corrected chi connectivity index (χ3v) is 3.90. The van der Waals surface area contributed by atoms with Crippen LogP contribution in [-0.2, 0) is 16.1 Å². The quantitative estimate of drug-likeness (QED) is 0.703. The van der Waals surface area contributed by atoms with Crippen LogP contribution in [0.15, 0.2) is 24.3 Å². The number of imide groups is 1. The second-order valence-corrected chi connectivity index (χ2v) is 6.55. The van der Waals surface area contributed by atoms with E-state index in [0.717, 1.165) is 11.0 Å². The van der Waals surface area contributed by atoms with Crippen molar-refractivity contribution in [3.05, 3.63) is 29.8 Å². The summed E-state index contributed by atoms with van der Waals surface area (Å²) in [6.45, 7) is 3.11. The number of alkyl halides is 3. The fraction of sp³-hybridized carbons (Fsp3) is 0.471. The summed E-state index contributed by atoms with van der Waals surface area (Å²) in [5, 5.41) is 5.03. The summed E-state index contributed by atoms with van der Waals surface area (Å²) in [6, 6.07) is 4.99. The maximum Gasteiger partial charge on any atom is 0.573 e. The van der Waals surface area contributed by atoms with E-state index in [2.05, 4.69) is 15.4 Å². The van der Waals surface area contributed by atoms with Crippen molar-refractivity contribution >= 4 is 17.8 Å². The first-order valence-corrected chi connectivity index (χ1v) is 8.24. The van der Waals surface area contributed by atoms with Crippen LogP contribution in [0.5, 0.6) is 5.75 Å². The van der Waals surface area contributed by atoms with Gasteiger partial charge in [0.15, 0.2) is 0 Å². The third kappa shape index (κ3) is 5.60. The number of carbonyl (C=O) groups is 3. The molecule has 1 fully saturated rings. The molecule has 1 aromatic rings. The Bertz CT molecular complexity index is 734. The van der Waals surface area contributed by atoms with Crippen molar-refractivity contribution < 1.29 is 32.3 Å². The molecular formula is C17H20F3N3O4. The largest absolute Gasteiger partial charge is 0.573 e. The standard InChI is InChI=1S/C17H20F3N3O4/c1-16(2)14(25)23(15(26)22-16)9-5-8-13(24)21-10-11-6-3-4-7-12(11)27-17(18,19)20/h3-4,6-7H,5,8-10H2,1-2H3,(H,21,24)(H,22,26). The van der Waals surface area contributed by atoms with Crippen LogP contribution in [0.25, 0.3) is 0 Å². The van der Waals surface area contributed by atoms with Gasteiger partial charge in [-0.2, -0.15) is 0 Å². The summed E-state index contributed by atoms with van der Waals surface area (Å²) in [5.41, 5.74) is -0.791. The van der Waals surface area contributed by atoms with Gasteiger partial charge in [0, 0.05) is 25.1 Å². The van der Waals surface area contributed by atoms with Gasteiger partial charge < -0.3 is 15.4 Å². The van der Waals surface area contributed by atoms with Crippen LogP contribution >= 0.6 is 0 Å². The molecule has 148 valence electrons. The Morgan fingerprint density at radius 1 is 1.26 bits per heavy atom. The lowest BCUT2D eigenvalue weighted by atomic mass is 10.1. The average Bonchev–Trinajstić information content (AvgIpc) is 2.74. The van der Waals surface area contributed by atoms with E-state index in [-0.39, 0.29) is 43.2 Å². The molecule has 0 bridgehead atoms. The first kappa shape index (κ1) is 20.5. The number of ether oxygens (including phenoxy) is 1. The number of hydrogen-bond acceptors (Lipinski definition) is 4. The Labute approximate surface area is 153 Å². The molecule has 7 nitrogen and oxygen atoms in total. The molecule has 0 radical (unpaired) electrons. The minimum Gasteiger partial charge on any atom is -0.405 e. The van der Waals surface area contributed by atoms with Crippen molar-refractivity contribution in [3.8, 4) is 5.75 Å². The van der Waals surface area contributed by atoms with E-state index < -0.39 is 23.8 Å². The van der Waals surface area contributed by atoms with Crippen LogP contribution in [0.2, 0.25) is 0 Å². The van der Waals surface area contributed by atoms with E-state index >= 15 is 0 Å². The number of hydrogen-bond donors (Lipinski definition) is 2. The Morgan fingerprint density at radius 3 is 2.52 bits per heavy atom. The number of para-hydroxylation sites is 1. The minimum absolute atomic E-state index is 0.0137. The predicted molar refractivity (Wildman–Crippen MR) is 88.5 cm³/mol. The fourth-order valence-electron chi connectivity index (χ4n) is 2.58. The summed E-state index contributed by atoms with van der Waals surface area (Å²) in [6.07, 6.45) is -4.57. The number of nitrogens with zero attached hydrogens (tertiary/aromatic N) is 1. The zero-order chi connectivity index (χ0) is 20.2. The first-order valence-electron chi connectivity index (χ1n) is 8.24. The molecule has 1 heterocycles. The van der Waals surface area contributed by atoms with Crippen molar-refractivity contribution in [3.63, 3.8) is 0 Å². The highest BCUT2D eigenvalue weighted by atomic mass is 19.4. The molecule has 0 aliphatic carbocycles. The molecule has 0 aromatic heterocycles. The molecule has 0 saturated carbocycles. The maximum absolute atomic E-state index is 12.4. The number of amides is 4. The van der Waals surface area contributed by atoms with E-state index in [1.807, 2.05) is 0 Å². The zero-order valence-electron chi connectivity index (χ0n) is 14.9. The molecule has 0 spiro atoms. The Balaban J connectivity index is 1.81. The van der Waals surface area contributed by atoms with Crippen molar-refractivity contribution in [2.24, 2.45) is 0 Å². The van der Waals surface area contributed by atoms with Gasteiger partial charge in [-0.1, -0.05) is 18.2 Å². The number of benzene rings is 1. The molecule has 0 atom stereocenters. The lowest BCUT2D eigenvalue weighted by Crippen LogP contribution is -2.40. The maximum atomic E-state index is 12.4. The van der Waals surface area contributed by atoms with E-state index in [0.29, 0.717) is 0 Å². The summed E-state index contributed by atoms with van der Waals surface area (Å²) in [5.74, 6) is -1.17. The van der Waals surface area contributed by atoms with Crippen LogP contribution in [0.1, 0.15) is 32.3 Å². The van der Waals surface area contributed by atoms with Crippen molar-refractivity contribution in [1.29, 1.82) is 0 Å². The second kappa shape index (κ2) is 7.85. The smallest absolute Gasteiger partial charge is 0.405 e. The summed E-state index contributed by atoms with van der Waals surface area (Å²) in [4.78, 5) is 36.7. The highest BCUT2D eigenvalue weighted by Crippen LogP contribution is 2.26. The molecule has 2 N–H and O–H groups in total. The average molecular weight is 387 g/mol. The molecule has 4 amide bonds. The Hall–Kier alpha value is -2.78. The molecular weight excluding hydrogens is 367 g/mol. The molecule has 1 saturated heterocycles. The first-order chi connectivity index (χ1) is 12.5. The molecule has 27 heavy (non-hydrogen) atoms. The monoisotopic (exact) mass is 387 g/mol. The predicted octanol–water partition coefficient (Wildman–Crippen LogP) is 2.31. The normalized spacial score (nSPS) is 16.3. The molecule has 10 heteroatoms. The Morgan fingerprint density at radius 2 is 1.93 bits per heavy atom. The summed E-state index contributed by atoms with van der Waals surface area (Å²) in [7, 11) is 0. The summed E-state index contributed by atoms with van der Waals surface area (Å²) < 4.78 is 41.1. The number of rotatable bonds is 7. The van der Waals surface area contributed by atoms with E-state index in [1.54, 1.807) is 13.8 Å². The molecule has 2 rings (SSSR count). The van der Waals surface area contributed by atoms with Gasteiger partial charge in [0.1, 0.15) is 11.3 Å². The van der Waals surface area contributed by atoms with Crippen LogP contribution in [0.3, 0.4) is 0 Å². The molecule has 0 unspecified atom stereocenters. The second-order valence-electron chi connectivity index (χ2n) is 6.55. The number of nitrogens with one attached hydrogen (secondary N) is 2. The van der Waals surface area contributed by atoms with Gasteiger partial charge in [-0.15, -0.1) is 13.2 Å². The van der Waals surface area contributed by atoms with E-state index in [4.69, 9.17) is 0 Å². The van der Waals surface area contributed by atoms with Gasteiger partial charge in [0.25, 0.3) is 5.91 Å². The molecule has 1 aliphatic heterocycles. The molecule has 1 aromatic carbocycles. The highest BCUT2D eigenvalue weighted by molar-refractivity contribution is 6.06. The van der Waals surface area contributed by atoms with Crippen LogP contribution in [0.4, 0.5) is 18.0 Å². The fourth-order valence-corrected chi connectivity index (χ4v) is 2.58. The van der Waals surface area contributed by atoms with Gasteiger partial charge in [0.05, 0.1) is 0 Å². The van der Waals surface area contributed by atoms with E-state index in [1.165, 1.54) is 18.2 Å². The zero-order valence-corrected chi connectivity index (χ0v) is 14.9. The Kier molecular flexibility index (Phi) is 5.97. The minimum atomic E-state index is -4.82. The number of carbonyl (C=O) groups excluding carboxylic acids is 3. The topological polar surface area (TPSA) is 87.7 Å². The summed E-state index contributed by atoms with van der Waals surface area (Å²) >= 11 is 0. The lowest BCUT2D eigenvalue weighted by molar-refractivity contribution is -0.274. The van der Waals surface area contributed by atoms with Crippen molar-refractivity contribution in [2.45, 2.75) is 45.1 Å². The van der Waals surface area contributed by atoms with Crippen LogP contribution in [-0.4, -0.2) is 41.2 Å². The van der Waals surface area contributed by atoms with Crippen molar-refractivity contribution in [1.82, 2.24) is 15.5 Å². The van der Waals surface area contributed by atoms with Gasteiger partial charge >= 0.3 is 12.4 Å². The van der Waals surface area contributed by atoms with Crippen molar-refractivity contribution in [2.75, 3.05) is 6.54 Å². The van der Waals surface area contributed by atoms with Gasteiger partial charge in [-0.25, -0.2) is 4.79 Å². The lowest BCUT2D eigenvalue weighted by Gasteiger charge is -2.16. The van der Waals surface area contributed by atoms with Gasteiger partial charge in [0.2, 0.25) is 5.91 Å². The van der Waals surface area contributed by atoms with Crippen LogP contribution in [0, 0.1) is 0 Å². The van der Waals surface area contributed by atoms with E-state index in [9.17, 15) is 27.6 Å². The molecule has 1 aliphatic rings.